The molecular weight excluding hydrogens is 566 g/mol. The molecule has 3 fully saturated rings. The number of anilines is 2. The van der Waals surface area contributed by atoms with Crippen LogP contribution in [0.5, 0.6) is 0 Å². The fourth-order valence-electron chi connectivity index (χ4n) is 7.37. The van der Waals surface area contributed by atoms with Gasteiger partial charge in [0.25, 0.3) is 11.8 Å². The molecule has 0 bridgehead atoms. The molecule has 4 aliphatic rings. The summed E-state index contributed by atoms with van der Waals surface area (Å²) in [6, 6.07) is 19.9. The quantitative estimate of drug-likeness (QED) is 0.438. The Kier molecular flexibility index (Phi) is 8.67. The van der Waals surface area contributed by atoms with Gasteiger partial charge in [0.2, 0.25) is 5.95 Å². The summed E-state index contributed by atoms with van der Waals surface area (Å²) in [7, 11) is 0. The first-order valence-corrected chi connectivity index (χ1v) is 16.5. The second-order valence-corrected chi connectivity index (χ2v) is 12.9. The van der Waals surface area contributed by atoms with Crippen molar-refractivity contribution >= 4 is 23.6 Å². The predicted molar refractivity (Wildman–Crippen MR) is 173 cm³/mol. The summed E-state index contributed by atoms with van der Waals surface area (Å²) in [5.74, 6) is 1.13. The Morgan fingerprint density at radius 3 is 2.24 bits per heavy atom. The van der Waals surface area contributed by atoms with Gasteiger partial charge in [-0.25, -0.2) is 4.98 Å². The zero-order valence-electron chi connectivity index (χ0n) is 25.9. The van der Waals surface area contributed by atoms with Crippen LogP contribution >= 0.6 is 0 Å². The Morgan fingerprint density at radius 1 is 0.778 bits per heavy atom. The molecule has 5 heterocycles. The largest absolute Gasteiger partial charge is 0.390 e. The van der Waals surface area contributed by atoms with E-state index in [1.54, 1.807) is 11.0 Å². The van der Waals surface area contributed by atoms with E-state index in [-0.39, 0.29) is 23.9 Å². The van der Waals surface area contributed by atoms with Gasteiger partial charge in [0.05, 0.1) is 6.10 Å². The molecule has 7 rings (SSSR count). The minimum atomic E-state index is -0.616. The van der Waals surface area contributed by atoms with E-state index in [4.69, 9.17) is 9.97 Å². The van der Waals surface area contributed by atoms with Crippen molar-refractivity contribution in [3.8, 4) is 0 Å². The van der Waals surface area contributed by atoms with Crippen LogP contribution in [0.15, 0.2) is 60.7 Å². The van der Waals surface area contributed by atoms with Crippen LogP contribution in [0.2, 0.25) is 0 Å². The molecule has 1 aromatic heterocycles. The number of amides is 2. The highest BCUT2D eigenvalue weighted by Crippen LogP contribution is 2.27. The van der Waals surface area contributed by atoms with Gasteiger partial charge in [-0.2, -0.15) is 4.98 Å². The third-order valence-electron chi connectivity index (χ3n) is 9.94. The molecule has 3 aromatic rings. The Morgan fingerprint density at radius 2 is 1.49 bits per heavy atom. The molecule has 2 N–H and O–H groups in total. The maximum absolute atomic E-state index is 13.9. The maximum atomic E-state index is 13.9. The molecule has 10 nitrogen and oxygen atoms in total. The van der Waals surface area contributed by atoms with Crippen molar-refractivity contribution in [1.82, 2.24) is 24.7 Å². The fraction of sp³-hybridized carbons (Fsp3) is 0.486. The van der Waals surface area contributed by atoms with Crippen LogP contribution in [0, 0.1) is 0 Å². The second kappa shape index (κ2) is 13.1. The molecule has 3 saturated heterocycles. The van der Waals surface area contributed by atoms with Gasteiger partial charge in [0.1, 0.15) is 11.5 Å². The monoisotopic (exact) mass is 609 g/mol. The van der Waals surface area contributed by atoms with Gasteiger partial charge >= 0.3 is 0 Å². The van der Waals surface area contributed by atoms with Gasteiger partial charge in [0.15, 0.2) is 0 Å². The zero-order valence-corrected chi connectivity index (χ0v) is 25.9. The van der Waals surface area contributed by atoms with Crippen LogP contribution in [0.25, 0.3) is 0 Å². The summed E-state index contributed by atoms with van der Waals surface area (Å²) in [6.07, 6.45) is 4.86. The number of benzene rings is 2. The number of carbonyl (C=O) groups is 2. The minimum absolute atomic E-state index is 0.0323. The van der Waals surface area contributed by atoms with Crippen molar-refractivity contribution in [3.63, 3.8) is 0 Å². The number of β-amino-alcohol motifs (C(OH)–C–C–N with tert-alkyl or cyclic N) is 1. The summed E-state index contributed by atoms with van der Waals surface area (Å²) in [5, 5.41) is 14.8. The number of fused-ring (bicyclic) bond motifs is 1. The molecule has 0 radical (unpaired) electrons. The van der Waals surface area contributed by atoms with E-state index in [0.29, 0.717) is 49.2 Å². The van der Waals surface area contributed by atoms with Crippen LogP contribution in [0.3, 0.4) is 0 Å². The normalized spacial score (nSPS) is 22.7. The van der Waals surface area contributed by atoms with Crippen LogP contribution in [0.4, 0.5) is 11.8 Å². The van der Waals surface area contributed by atoms with Gasteiger partial charge < -0.3 is 25.1 Å². The average molecular weight is 610 g/mol. The van der Waals surface area contributed by atoms with E-state index in [9.17, 15) is 14.7 Å². The zero-order chi connectivity index (χ0) is 30.8. The topological polar surface area (TPSA) is 105 Å². The lowest BCUT2D eigenvalue weighted by molar-refractivity contribution is -0.0139. The van der Waals surface area contributed by atoms with Gasteiger partial charge in [-0.05, 0) is 61.8 Å². The summed E-state index contributed by atoms with van der Waals surface area (Å²) >= 11 is 0. The Balaban J connectivity index is 1.01. The highest BCUT2D eigenvalue weighted by atomic mass is 16.3. The van der Waals surface area contributed by atoms with Gasteiger partial charge in [-0.15, -0.1) is 0 Å². The number of nitrogens with one attached hydrogen (secondary N) is 1. The van der Waals surface area contributed by atoms with E-state index in [1.807, 2.05) is 35.2 Å². The van der Waals surface area contributed by atoms with Crippen LogP contribution in [-0.2, 0) is 13.0 Å². The molecule has 10 heteroatoms. The number of aliphatic hydroxyl groups excluding tert-OH is 1. The number of aromatic nitrogens is 2. The van der Waals surface area contributed by atoms with Gasteiger partial charge in [-0.1, -0.05) is 42.5 Å². The predicted octanol–water partition coefficient (Wildman–Crippen LogP) is 3.43. The lowest BCUT2D eigenvalue weighted by Gasteiger charge is -2.43. The molecule has 2 atom stereocenters. The molecule has 0 aliphatic carbocycles. The number of rotatable bonds is 6. The third kappa shape index (κ3) is 6.53. The van der Waals surface area contributed by atoms with Crippen LogP contribution in [0.1, 0.15) is 64.1 Å². The number of aliphatic hydroxyl groups is 1. The number of nitrogens with zero attached hydrogens (tertiary/aromatic N) is 6. The van der Waals surface area contributed by atoms with Gasteiger partial charge in [-0.3, -0.25) is 14.5 Å². The van der Waals surface area contributed by atoms with Crippen molar-refractivity contribution < 1.29 is 14.7 Å². The second-order valence-electron chi connectivity index (χ2n) is 12.9. The molecule has 236 valence electrons. The Hall–Kier alpha value is -4.02. The molecular formula is C35H43N7O3. The number of hydrogen-bond acceptors (Lipinski definition) is 8. The Bertz CT molecular complexity index is 1500. The minimum Gasteiger partial charge on any atom is -0.390 e. The first kappa shape index (κ1) is 29.7. The van der Waals surface area contributed by atoms with Crippen molar-refractivity contribution in [2.24, 2.45) is 0 Å². The highest BCUT2D eigenvalue weighted by Gasteiger charge is 2.36. The van der Waals surface area contributed by atoms with Crippen molar-refractivity contribution in [2.45, 2.75) is 63.3 Å². The first-order chi connectivity index (χ1) is 22.0. The molecule has 0 saturated carbocycles. The van der Waals surface area contributed by atoms with E-state index in [2.05, 4.69) is 39.4 Å². The third-order valence-corrected chi connectivity index (χ3v) is 9.94. The van der Waals surface area contributed by atoms with Crippen molar-refractivity contribution in [1.29, 1.82) is 0 Å². The van der Waals surface area contributed by atoms with E-state index < -0.39 is 6.10 Å². The standard InChI is InChI=1S/C35H43N7O3/c43-31-24-42(21-15-30(31)41-18-12-25-8-4-5-11-27(25)23-41)34(45)29-22-32(38-35(37-29)40-16-6-7-17-40)36-28-13-19-39(20-14-28)33(44)26-9-2-1-3-10-26/h1-5,8-11,22,28,30-31,43H,6-7,12-21,23-24H2,(H,36,37,38)/t30-,31-/m1/s1. The SMILES string of the molecule is O=C(c1ccccc1)N1CCC(Nc2cc(C(=O)N3CC[C@@H](N4CCc5ccccc5C4)[C@H](O)C3)nc(N3CCCC3)n2)CC1. The summed E-state index contributed by atoms with van der Waals surface area (Å²) in [5.41, 5.74) is 3.81. The lowest BCUT2D eigenvalue weighted by Crippen LogP contribution is -2.56. The number of carbonyl (C=O) groups excluding carboxylic acids is 2. The number of likely N-dealkylation sites (tertiary alicyclic amines) is 2. The highest BCUT2D eigenvalue weighted by molar-refractivity contribution is 5.94. The van der Waals surface area contributed by atoms with Crippen LogP contribution < -0.4 is 10.2 Å². The first-order valence-electron chi connectivity index (χ1n) is 16.5. The molecule has 2 amide bonds. The lowest BCUT2D eigenvalue weighted by atomic mass is 9.94. The molecule has 0 spiro atoms. The molecule has 2 aromatic carbocycles. The molecule has 4 aliphatic heterocycles. The smallest absolute Gasteiger partial charge is 0.272 e. The maximum Gasteiger partial charge on any atom is 0.272 e. The number of piperidine rings is 2. The van der Waals surface area contributed by atoms with E-state index in [0.717, 1.165) is 64.7 Å². The van der Waals surface area contributed by atoms with Crippen molar-refractivity contribution in [2.75, 3.05) is 56.0 Å². The Labute approximate surface area is 265 Å². The summed E-state index contributed by atoms with van der Waals surface area (Å²) in [6.45, 7) is 5.71. The molecule has 0 unspecified atom stereocenters. The van der Waals surface area contributed by atoms with Crippen LogP contribution in [-0.4, -0.2) is 106 Å². The van der Waals surface area contributed by atoms with Crippen molar-refractivity contribution in [3.05, 3.63) is 83.0 Å². The van der Waals surface area contributed by atoms with Gasteiger partial charge in [0, 0.05) is 76.1 Å². The van der Waals surface area contributed by atoms with E-state index >= 15 is 0 Å². The summed E-state index contributed by atoms with van der Waals surface area (Å²) in [4.78, 5) is 44.6. The van der Waals surface area contributed by atoms with E-state index in [1.165, 1.54) is 11.1 Å². The molecule has 45 heavy (non-hydrogen) atoms. The average Bonchev–Trinajstić information content (AvgIpc) is 3.64. The summed E-state index contributed by atoms with van der Waals surface area (Å²) < 4.78 is 0. The number of hydrogen-bond donors (Lipinski definition) is 2. The fourth-order valence-corrected chi connectivity index (χ4v) is 7.37.